The number of hydrogen-bond acceptors (Lipinski definition) is 13. The number of fused-ring (bicyclic) bond motifs is 7. The fourth-order valence-electron chi connectivity index (χ4n) is 11.3. The lowest BCUT2D eigenvalue weighted by Crippen LogP contribution is -2.61. The summed E-state index contributed by atoms with van der Waals surface area (Å²) < 4.78 is 66.1. The first-order valence-electron chi connectivity index (χ1n) is 20.4. The maximum absolute atomic E-state index is 13.8. The van der Waals surface area contributed by atoms with Crippen molar-refractivity contribution in [3.05, 3.63) is 24.3 Å². The van der Waals surface area contributed by atoms with Crippen LogP contribution in [-0.2, 0) is 52.2 Å². The van der Waals surface area contributed by atoms with E-state index in [0.717, 1.165) is 49.7 Å². The van der Waals surface area contributed by atoms with Crippen LogP contribution in [0.1, 0.15) is 90.4 Å². The third-order valence-electron chi connectivity index (χ3n) is 14.1. The lowest BCUT2D eigenvalue weighted by atomic mass is 9.83. The molecule has 13 nitrogen and oxygen atoms in total. The first-order chi connectivity index (χ1) is 25.6. The van der Waals surface area contributed by atoms with Crippen LogP contribution in [0.5, 0.6) is 0 Å². The molecule has 294 valence electrons. The van der Waals surface area contributed by atoms with Gasteiger partial charge in [-0.15, -0.1) is 0 Å². The molecule has 0 saturated carbocycles. The predicted octanol–water partition coefficient (Wildman–Crippen LogP) is 2.95. The Kier molecular flexibility index (Phi) is 9.39. The Labute approximate surface area is 310 Å². The summed E-state index contributed by atoms with van der Waals surface area (Å²) >= 11 is 0. The normalized spacial score (nSPS) is 55.2. The van der Waals surface area contributed by atoms with Gasteiger partial charge in [0.1, 0.15) is 42.7 Å². The minimum Gasteiger partial charge on any atom is -0.459 e. The molecule has 0 aliphatic carbocycles. The number of aliphatic hydroxyl groups excluding tert-OH is 2. The van der Waals surface area contributed by atoms with Crippen molar-refractivity contribution in [3.63, 3.8) is 0 Å². The number of esters is 1. The Morgan fingerprint density at radius 1 is 0.660 bits per heavy atom. The molecule has 0 amide bonds. The topological polar surface area (TPSA) is 150 Å². The third kappa shape index (κ3) is 6.47. The van der Waals surface area contributed by atoms with E-state index in [2.05, 4.69) is 20.1 Å². The van der Waals surface area contributed by atoms with Gasteiger partial charge in [-0.05, 0) is 62.0 Å². The maximum Gasteiger partial charge on any atom is 0.308 e. The molecule has 2 N–H and O–H groups in total. The van der Waals surface area contributed by atoms with Crippen molar-refractivity contribution in [2.24, 2.45) is 5.92 Å². The van der Waals surface area contributed by atoms with Crippen LogP contribution in [0, 0.1) is 5.92 Å². The van der Waals surface area contributed by atoms with E-state index in [1.165, 1.54) is 0 Å². The molecule has 11 aliphatic rings. The van der Waals surface area contributed by atoms with Gasteiger partial charge in [-0.2, -0.15) is 0 Å². The van der Waals surface area contributed by atoms with E-state index in [1.54, 1.807) is 0 Å². The Hall–Kier alpha value is -1.49. The summed E-state index contributed by atoms with van der Waals surface area (Å²) in [5.74, 6) is -0.935. The zero-order valence-electron chi connectivity index (χ0n) is 30.7. The summed E-state index contributed by atoms with van der Waals surface area (Å²) in [6.45, 7) is 10.8. The number of carbonyl (C=O) groups is 1. The minimum absolute atomic E-state index is 0.00619. The molecule has 11 aliphatic heterocycles. The van der Waals surface area contributed by atoms with Gasteiger partial charge in [0.15, 0.2) is 5.79 Å². The molecule has 53 heavy (non-hydrogen) atoms. The largest absolute Gasteiger partial charge is 0.459 e. The van der Waals surface area contributed by atoms with E-state index in [0.29, 0.717) is 38.5 Å². The molecule has 11 saturated heterocycles. The second-order valence-corrected chi connectivity index (χ2v) is 17.7. The SMILES string of the molecule is C=C1C[C@@H]2CC[C@@]34C[C@@H]5O[C@@H]6[C@@H](O[C@H]7CC[C@H](CC(=O)O[C@H]8C[C@@H]9O[C@H](CO)[C@@H](O)C[C@@H]9O[C@H]8C[C@H]8O[C@@H](CC[C@@H]1O2)C[C@@H](C)C8=C)O[C@@H]7[C@@H]6O3)[C@H]5O4. The predicted molar refractivity (Wildman–Crippen MR) is 184 cm³/mol. The van der Waals surface area contributed by atoms with Gasteiger partial charge in [-0.1, -0.05) is 20.1 Å². The quantitative estimate of drug-likeness (QED) is 0.300. The molecule has 1 spiro atoms. The molecule has 0 aromatic heterocycles. The van der Waals surface area contributed by atoms with E-state index >= 15 is 0 Å². The Balaban J connectivity index is 0.925. The van der Waals surface area contributed by atoms with Crippen molar-refractivity contribution in [3.8, 4) is 0 Å². The van der Waals surface area contributed by atoms with Crippen LogP contribution in [0.4, 0.5) is 0 Å². The van der Waals surface area contributed by atoms with Gasteiger partial charge in [0, 0.05) is 32.1 Å². The van der Waals surface area contributed by atoms with Crippen LogP contribution >= 0.6 is 0 Å². The molecule has 0 unspecified atom stereocenters. The van der Waals surface area contributed by atoms with Crippen molar-refractivity contribution in [1.29, 1.82) is 0 Å². The van der Waals surface area contributed by atoms with Gasteiger partial charge in [0.2, 0.25) is 0 Å². The zero-order chi connectivity index (χ0) is 36.2. The molecular formula is C40H56O13. The van der Waals surface area contributed by atoms with Crippen molar-refractivity contribution in [1.82, 2.24) is 0 Å². The average molecular weight is 745 g/mol. The third-order valence-corrected chi connectivity index (χ3v) is 14.1. The van der Waals surface area contributed by atoms with Crippen molar-refractivity contribution in [2.75, 3.05) is 6.61 Å². The molecule has 11 rings (SSSR count). The highest BCUT2D eigenvalue weighted by Crippen LogP contribution is 2.54. The molecule has 0 radical (unpaired) electrons. The van der Waals surface area contributed by atoms with Crippen molar-refractivity contribution < 1.29 is 62.4 Å². The van der Waals surface area contributed by atoms with Crippen LogP contribution < -0.4 is 0 Å². The Morgan fingerprint density at radius 3 is 2.26 bits per heavy atom. The summed E-state index contributed by atoms with van der Waals surface area (Å²) in [5, 5.41) is 20.5. The fraction of sp³-hybridized carbons (Fsp3) is 0.875. The monoisotopic (exact) mass is 744 g/mol. The van der Waals surface area contributed by atoms with Crippen LogP contribution in [0.2, 0.25) is 0 Å². The lowest BCUT2D eigenvalue weighted by Gasteiger charge is -2.48. The highest BCUT2D eigenvalue weighted by atomic mass is 16.8. The van der Waals surface area contributed by atoms with E-state index in [-0.39, 0.29) is 92.1 Å². The summed E-state index contributed by atoms with van der Waals surface area (Å²) in [6.07, 6.45) is 2.16. The van der Waals surface area contributed by atoms with Crippen LogP contribution in [-0.4, -0.2) is 138 Å². The number of ether oxygens (including phenoxy) is 10. The van der Waals surface area contributed by atoms with Gasteiger partial charge in [0.25, 0.3) is 0 Å². The van der Waals surface area contributed by atoms with E-state index < -0.39 is 48.5 Å². The Bertz CT molecular complexity index is 1440. The van der Waals surface area contributed by atoms with Crippen LogP contribution in [0.15, 0.2) is 24.3 Å². The Morgan fingerprint density at radius 2 is 1.40 bits per heavy atom. The second-order valence-electron chi connectivity index (χ2n) is 17.7. The van der Waals surface area contributed by atoms with Gasteiger partial charge < -0.3 is 57.6 Å². The lowest BCUT2D eigenvalue weighted by molar-refractivity contribution is -0.293. The summed E-state index contributed by atoms with van der Waals surface area (Å²) in [4.78, 5) is 13.8. The maximum atomic E-state index is 13.8. The molecule has 11 heterocycles. The zero-order valence-corrected chi connectivity index (χ0v) is 30.7. The van der Waals surface area contributed by atoms with Crippen LogP contribution in [0.3, 0.4) is 0 Å². The first-order valence-corrected chi connectivity index (χ1v) is 20.4. The standard InChI is InChI=1S/C40H56O13/c1-18-10-21-4-6-25-19(2)11-23(44-25)8-9-40-16-32-36(52-40)37-38(51-32)39(53-40)35-26(50-37)7-5-22(46-35)12-34(43)49-31-15-30-28(13-24(42)33(17-41)48-30)47-29(31)14-27(45-21)20(18)3/h18,21-33,35-39,41-42H,2-17H2,1H3/t18-,21+,22-,23+,24+,25+,26+,27-,28+,29+,30+,31+,32+,33-,35+,36+,37+,38-,39+,40+/m1/s1. The summed E-state index contributed by atoms with van der Waals surface area (Å²) in [6, 6.07) is 0. The van der Waals surface area contributed by atoms with Gasteiger partial charge in [-0.3, -0.25) is 4.79 Å². The minimum atomic E-state index is -0.852. The van der Waals surface area contributed by atoms with E-state index in [4.69, 9.17) is 47.4 Å². The van der Waals surface area contributed by atoms with Gasteiger partial charge in [-0.25, -0.2) is 0 Å². The van der Waals surface area contributed by atoms with Gasteiger partial charge in [0.05, 0.1) is 80.2 Å². The summed E-state index contributed by atoms with van der Waals surface area (Å²) in [5.41, 5.74) is 2.13. The van der Waals surface area contributed by atoms with Crippen LogP contribution in [0.25, 0.3) is 0 Å². The molecule has 0 aromatic rings. The average Bonchev–Trinajstić information content (AvgIpc) is 3.71. The molecule has 0 aromatic carbocycles. The van der Waals surface area contributed by atoms with E-state index in [9.17, 15) is 15.0 Å². The van der Waals surface area contributed by atoms with Crippen molar-refractivity contribution in [2.45, 2.75) is 206 Å². The van der Waals surface area contributed by atoms with Gasteiger partial charge >= 0.3 is 5.97 Å². The molecule has 12 bridgehead atoms. The number of carbonyl (C=O) groups excluding carboxylic acids is 1. The smallest absolute Gasteiger partial charge is 0.308 e. The second kappa shape index (κ2) is 13.9. The number of rotatable bonds is 1. The highest BCUT2D eigenvalue weighted by molar-refractivity contribution is 5.70. The highest BCUT2D eigenvalue weighted by Gasteiger charge is 2.68. The number of hydrogen-bond donors (Lipinski definition) is 2. The first kappa shape index (κ1) is 35.9. The van der Waals surface area contributed by atoms with E-state index in [1.807, 2.05) is 0 Å². The fourth-order valence-corrected chi connectivity index (χ4v) is 11.3. The molecule has 11 fully saturated rings. The number of aliphatic hydroxyl groups is 2. The molecular weight excluding hydrogens is 688 g/mol. The summed E-state index contributed by atoms with van der Waals surface area (Å²) in [7, 11) is 0. The molecule has 13 heteroatoms. The van der Waals surface area contributed by atoms with Crippen molar-refractivity contribution >= 4 is 5.97 Å². The molecule has 20 atom stereocenters.